The Morgan fingerprint density at radius 2 is 1.95 bits per heavy atom. The minimum atomic E-state index is 0.0985. The van der Waals surface area contributed by atoms with Gasteiger partial charge in [-0.2, -0.15) is 0 Å². The van der Waals surface area contributed by atoms with Crippen LogP contribution in [0.15, 0.2) is 18.2 Å². The van der Waals surface area contributed by atoms with Gasteiger partial charge in [-0.15, -0.1) is 0 Å². The van der Waals surface area contributed by atoms with Crippen LogP contribution in [0.3, 0.4) is 0 Å². The molecule has 20 heavy (non-hydrogen) atoms. The Kier molecular flexibility index (Phi) is 3.88. The van der Waals surface area contributed by atoms with Crippen LogP contribution in [0.5, 0.6) is 5.75 Å². The Morgan fingerprint density at radius 3 is 2.60 bits per heavy atom. The number of anilines is 1. The quantitative estimate of drug-likeness (QED) is 0.915. The molecule has 2 aliphatic rings. The second-order valence-corrected chi connectivity index (χ2v) is 6.29. The highest BCUT2D eigenvalue weighted by Crippen LogP contribution is 2.39. The van der Waals surface area contributed by atoms with Gasteiger partial charge in [0.2, 0.25) is 0 Å². The largest absolute Gasteiger partial charge is 0.497 e. The van der Waals surface area contributed by atoms with Gasteiger partial charge >= 0.3 is 0 Å². The summed E-state index contributed by atoms with van der Waals surface area (Å²) >= 11 is 0. The number of nitrogens with one attached hydrogen (secondary N) is 1. The van der Waals surface area contributed by atoms with Crippen molar-refractivity contribution in [2.75, 3.05) is 31.6 Å². The molecule has 0 amide bonds. The molecule has 3 rings (SSSR count). The normalized spacial score (nSPS) is 26.8. The van der Waals surface area contributed by atoms with Crippen molar-refractivity contribution in [3.63, 3.8) is 0 Å². The van der Waals surface area contributed by atoms with Gasteiger partial charge < -0.3 is 15.0 Å². The number of nitrogens with zero attached hydrogens (tertiary/aromatic N) is 1. The molecule has 1 atom stereocenters. The third-order valence-corrected chi connectivity index (χ3v) is 4.86. The number of hydrogen-bond donors (Lipinski definition) is 1. The number of methoxy groups -OCH3 is 1. The molecule has 1 N–H and O–H groups in total. The molecule has 2 saturated heterocycles. The molecular formula is C17H26N2O. The molecule has 0 aliphatic carbocycles. The van der Waals surface area contributed by atoms with Gasteiger partial charge in [-0.05, 0) is 69.3 Å². The smallest absolute Gasteiger partial charge is 0.119 e. The molecule has 0 aromatic heterocycles. The first-order valence-electron chi connectivity index (χ1n) is 7.91. The molecular weight excluding hydrogens is 248 g/mol. The monoisotopic (exact) mass is 274 g/mol. The van der Waals surface area contributed by atoms with E-state index in [0.717, 1.165) is 12.3 Å². The van der Waals surface area contributed by atoms with Gasteiger partial charge in [0.05, 0.1) is 7.11 Å². The highest BCUT2D eigenvalue weighted by Gasteiger charge is 2.33. The summed E-state index contributed by atoms with van der Waals surface area (Å²) in [6, 6.07) is 6.60. The summed E-state index contributed by atoms with van der Waals surface area (Å²) in [4.78, 5) is 2.56. The van der Waals surface area contributed by atoms with E-state index in [0.29, 0.717) is 0 Å². The first kappa shape index (κ1) is 13.7. The second kappa shape index (κ2) is 5.65. The van der Waals surface area contributed by atoms with Crippen LogP contribution in [0.4, 0.5) is 5.69 Å². The van der Waals surface area contributed by atoms with E-state index in [1.807, 2.05) is 0 Å². The van der Waals surface area contributed by atoms with Gasteiger partial charge in [-0.1, -0.05) is 0 Å². The highest BCUT2D eigenvalue weighted by molar-refractivity contribution is 5.59. The molecule has 2 fully saturated rings. The molecule has 0 bridgehead atoms. The third kappa shape index (κ3) is 2.51. The van der Waals surface area contributed by atoms with Crippen LogP contribution in [0.1, 0.15) is 44.6 Å². The van der Waals surface area contributed by atoms with Crippen LogP contribution in [-0.4, -0.2) is 26.7 Å². The fraction of sp³-hybridized carbons (Fsp3) is 0.647. The minimum Gasteiger partial charge on any atom is -0.497 e. The zero-order valence-electron chi connectivity index (χ0n) is 12.7. The maximum atomic E-state index is 5.46. The number of piperidine rings is 1. The van der Waals surface area contributed by atoms with E-state index in [1.54, 1.807) is 7.11 Å². The lowest BCUT2D eigenvalue weighted by molar-refractivity contribution is 0.403. The molecule has 1 aromatic rings. The van der Waals surface area contributed by atoms with Crippen LogP contribution < -0.4 is 15.0 Å². The Morgan fingerprint density at radius 1 is 1.15 bits per heavy atom. The van der Waals surface area contributed by atoms with E-state index in [2.05, 4.69) is 35.3 Å². The number of hydrogen-bond acceptors (Lipinski definition) is 3. The van der Waals surface area contributed by atoms with Gasteiger partial charge in [0.25, 0.3) is 0 Å². The van der Waals surface area contributed by atoms with Crippen molar-refractivity contribution < 1.29 is 4.74 Å². The van der Waals surface area contributed by atoms with Gasteiger partial charge in [-0.25, -0.2) is 0 Å². The fourth-order valence-corrected chi connectivity index (χ4v) is 3.62. The summed E-state index contributed by atoms with van der Waals surface area (Å²) < 4.78 is 5.46. The Labute approximate surface area is 122 Å². The lowest BCUT2D eigenvalue weighted by atomic mass is 9.88. The summed E-state index contributed by atoms with van der Waals surface area (Å²) in [5, 5.41) is 3.70. The maximum Gasteiger partial charge on any atom is 0.119 e. The van der Waals surface area contributed by atoms with Crippen LogP contribution in [0.2, 0.25) is 0 Å². The molecule has 110 valence electrons. The van der Waals surface area contributed by atoms with E-state index < -0.39 is 0 Å². The van der Waals surface area contributed by atoms with Gasteiger partial charge in [0, 0.05) is 24.3 Å². The first-order valence-corrected chi connectivity index (χ1v) is 7.91. The van der Waals surface area contributed by atoms with Crippen LogP contribution in [0.25, 0.3) is 0 Å². The van der Waals surface area contributed by atoms with Crippen LogP contribution in [0, 0.1) is 0 Å². The average Bonchev–Trinajstić information content (AvgIpc) is 2.95. The topological polar surface area (TPSA) is 24.5 Å². The standard InChI is InChI=1S/C17H26N2O/c1-17(9-6-10-18-17)15-13-14(20-2)7-8-16(15)19-11-4-3-5-12-19/h7-8,13,18H,3-6,9-12H2,1-2H3. The van der Waals surface area contributed by atoms with Gasteiger partial charge in [0.1, 0.15) is 5.75 Å². The summed E-state index contributed by atoms with van der Waals surface area (Å²) in [6.07, 6.45) is 6.47. The van der Waals surface area contributed by atoms with E-state index in [1.165, 1.54) is 56.4 Å². The van der Waals surface area contributed by atoms with Crippen molar-refractivity contribution in [1.29, 1.82) is 0 Å². The molecule has 0 radical (unpaired) electrons. The fourth-order valence-electron chi connectivity index (χ4n) is 3.62. The summed E-state index contributed by atoms with van der Waals surface area (Å²) in [5.41, 5.74) is 2.92. The minimum absolute atomic E-state index is 0.0985. The first-order chi connectivity index (χ1) is 9.73. The van der Waals surface area contributed by atoms with E-state index in [4.69, 9.17) is 4.74 Å². The molecule has 2 heterocycles. The summed E-state index contributed by atoms with van der Waals surface area (Å²) in [6.45, 7) is 5.83. The average molecular weight is 274 g/mol. The number of ether oxygens (including phenoxy) is 1. The summed E-state index contributed by atoms with van der Waals surface area (Å²) in [5.74, 6) is 0.968. The third-order valence-electron chi connectivity index (χ3n) is 4.86. The molecule has 0 spiro atoms. The Bertz CT molecular complexity index is 460. The lowest BCUT2D eigenvalue weighted by Gasteiger charge is -2.35. The van der Waals surface area contributed by atoms with Gasteiger partial charge in [0.15, 0.2) is 0 Å². The van der Waals surface area contributed by atoms with Crippen molar-refractivity contribution in [1.82, 2.24) is 5.32 Å². The zero-order valence-corrected chi connectivity index (χ0v) is 12.7. The van der Waals surface area contributed by atoms with Crippen molar-refractivity contribution in [3.05, 3.63) is 23.8 Å². The number of rotatable bonds is 3. The molecule has 1 unspecified atom stereocenters. The van der Waals surface area contributed by atoms with Crippen molar-refractivity contribution in [2.24, 2.45) is 0 Å². The summed E-state index contributed by atoms with van der Waals surface area (Å²) in [7, 11) is 1.75. The zero-order chi connectivity index (χ0) is 14.0. The Hall–Kier alpha value is -1.22. The SMILES string of the molecule is COc1ccc(N2CCCCC2)c(C2(C)CCCN2)c1. The molecule has 1 aromatic carbocycles. The van der Waals surface area contributed by atoms with E-state index in [-0.39, 0.29) is 5.54 Å². The molecule has 3 heteroatoms. The van der Waals surface area contributed by atoms with Crippen molar-refractivity contribution in [3.8, 4) is 5.75 Å². The lowest BCUT2D eigenvalue weighted by Crippen LogP contribution is -2.37. The number of benzene rings is 1. The van der Waals surface area contributed by atoms with E-state index in [9.17, 15) is 0 Å². The van der Waals surface area contributed by atoms with Crippen LogP contribution >= 0.6 is 0 Å². The molecule has 3 nitrogen and oxygen atoms in total. The molecule has 0 saturated carbocycles. The predicted molar refractivity (Wildman–Crippen MR) is 83.6 cm³/mol. The predicted octanol–water partition coefficient (Wildman–Crippen LogP) is 3.28. The van der Waals surface area contributed by atoms with Crippen molar-refractivity contribution in [2.45, 2.75) is 44.6 Å². The van der Waals surface area contributed by atoms with Crippen molar-refractivity contribution >= 4 is 5.69 Å². The Balaban J connectivity index is 1.99. The van der Waals surface area contributed by atoms with E-state index >= 15 is 0 Å². The molecule has 2 aliphatic heterocycles. The second-order valence-electron chi connectivity index (χ2n) is 6.29. The maximum absolute atomic E-state index is 5.46. The van der Waals surface area contributed by atoms with Crippen LogP contribution in [-0.2, 0) is 5.54 Å². The highest BCUT2D eigenvalue weighted by atomic mass is 16.5. The van der Waals surface area contributed by atoms with Gasteiger partial charge in [-0.3, -0.25) is 0 Å².